The van der Waals surface area contributed by atoms with E-state index in [1.165, 1.54) is 0 Å². The minimum absolute atomic E-state index is 0.0818. The molecule has 0 aromatic rings. The summed E-state index contributed by atoms with van der Waals surface area (Å²) in [5.74, 6) is -1.60. The Hall–Kier alpha value is -1.23. The van der Waals surface area contributed by atoms with E-state index in [-0.39, 0.29) is 31.0 Å². The molecule has 1 aliphatic heterocycles. The Kier molecular flexibility index (Phi) is 6.52. The molecule has 0 aliphatic carbocycles. The van der Waals surface area contributed by atoms with E-state index in [2.05, 4.69) is 0 Å². The number of aliphatic carboxylic acids is 1. The zero-order valence-electron chi connectivity index (χ0n) is 11.6. The van der Waals surface area contributed by atoms with E-state index in [1.54, 1.807) is 4.90 Å². The summed E-state index contributed by atoms with van der Waals surface area (Å²) >= 11 is 0. The van der Waals surface area contributed by atoms with Crippen molar-refractivity contribution in [3.05, 3.63) is 0 Å². The van der Waals surface area contributed by atoms with Crippen LogP contribution in [0.4, 0.5) is 0 Å². The van der Waals surface area contributed by atoms with Crippen LogP contribution in [0.5, 0.6) is 0 Å². The van der Waals surface area contributed by atoms with Crippen LogP contribution in [0.15, 0.2) is 0 Å². The van der Waals surface area contributed by atoms with Crippen LogP contribution in [0.25, 0.3) is 0 Å². The van der Waals surface area contributed by atoms with Crippen LogP contribution in [0, 0.1) is 0 Å². The van der Waals surface area contributed by atoms with Crippen molar-refractivity contribution >= 4 is 22.0 Å². The predicted molar refractivity (Wildman–Crippen MR) is 74.3 cm³/mol. The SMILES string of the molecule is N[C@@H](CCC(=O)N1CCN(CCS(=O)(=O)O)CC1)C(=O)O. The maximum Gasteiger partial charge on any atom is 0.320 e. The van der Waals surface area contributed by atoms with E-state index in [0.717, 1.165) is 0 Å². The zero-order chi connectivity index (χ0) is 16.0. The lowest BCUT2D eigenvalue weighted by Crippen LogP contribution is -2.49. The highest BCUT2D eigenvalue weighted by Gasteiger charge is 2.23. The summed E-state index contributed by atoms with van der Waals surface area (Å²) in [7, 11) is -3.97. The second kappa shape index (κ2) is 7.69. The van der Waals surface area contributed by atoms with E-state index < -0.39 is 22.1 Å². The highest BCUT2D eigenvalue weighted by molar-refractivity contribution is 7.85. The minimum atomic E-state index is -3.97. The van der Waals surface area contributed by atoms with E-state index in [1.807, 2.05) is 4.90 Å². The minimum Gasteiger partial charge on any atom is -0.480 e. The van der Waals surface area contributed by atoms with Gasteiger partial charge in [0.05, 0.1) is 5.75 Å². The van der Waals surface area contributed by atoms with Gasteiger partial charge >= 0.3 is 5.97 Å². The van der Waals surface area contributed by atoms with Gasteiger partial charge in [-0.15, -0.1) is 0 Å². The lowest BCUT2D eigenvalue weighted by molar-refractivity contribution is -0.139. The molecule has 1 heterocycles. The zero-order valence-corrected chi connectivity index (χ0v) is 12.5. The molecule has 122 valence electrons. The van der Waals surface area contributed by atoms with E-state index in [0.29, 0.717) is 26.2 Å². The molecule has 21 heavy (non-hydrogen) atoms. The number of nitrogens with zero attached hydrogens (tertiary/aromatic N) is 2. The number of carbonyl (C=O) groups is 2. The summed E-state index contributed by atoms with van der Waals surface area (Å²) in [4.78, 5) is 25.9. The summed E-state index contributed by atoms with van der Waals surface area (Å²) in [6.07, 6.45) is 0.176. The molecule has 0 saturated carbocycles. The lowest BCUT2D eigenvalue weighted by atomic mass is 10.1. The molecular weight excluding hydrogens is 302 g/mol. The molecule has 0 unspecified atom stereocenters. The fourth-order valence-corrected chi connectivity index (χ4v) is 2.51. The van der Waals surface area contributed by atoms with Gasteiger partial charge in [0.15, 0.2) is 0 Å². The smallest absolute Gasteiger partial charge is 0.320 e. The molecule has 1 atom stereocenters. The highest BCUT2D eigenvalue weighted by atomic mass is 32.2. The van der Waals surface area contributed by atoms with Crippen LogP contribution >= 0.6 is 0 Å². The van der Waals surface area contributed by atoms with Crippen molar-refractivity contribution in [2.45, 2.75) is 18.9 Å². The lowest BCUT2D eigenvalue weighted by Gasteiger charge is -2.34. The fourth-order valence-electron chi connectivity index (χ4n) is 2.03. The van der Waals surface area contributed by atoms with Gasteiger partial charge in [0.25, 0.3) is 10.1 Å². The predicted octanol–water partition coefficient (Wildman–Crippen LogP) is -1.79. The molecule has 0 radical (unpaired) electrons. The van der Waals surface area contributed by atoms with Crippen LogP contribution in [0.1, 0.15) is 12.8 Å². The molecule has 10 heteroatoms. The fraction of sp³-hybridized carbons (Fsp3) is 0.818. The van der Waals surface area contributed by atoms with Crippen LogP contribution in [-0.2, 0) is 19.7 Å². The van der Waals surface area contributed by atoms with Crippen LogP contribution in [0.3, 0.4) is 0 Å². The Morgan fingerprint density at radius 3 is 2.24 bits per heavy atom. The molecule has 1 aliphatic rings. The van der Waals surface area contributed by atoms with Gasteiger partial charge in [-0.3, -0.25) is 19.0 Å². The van der Waals surface area contributed by atoms with Crippen molar-refractivity contribution < 1.29 is 27.7 Å². The molecule has 0 aromatic carbocycles. The third-order valence-corrected chi connectivity index (χ3v) is 4.08. The van der Waals surface area contributed by atoms with Crippen LogP contribution < -0.4 is 5.73 Å². The molecule has 0 aromatic heterocycles. The summed E-state index contributed by atoms with van der Waals surface area (Å²) in [6.45, 7) is 2.17. The average Bonchev–Trinajstić information content (AvgIpc) is 2.41. The molecule has 0 spiro atoms. The Morgan fingerprint density at radius 2 is 1.76 bits per heavy atom. The summed E-state index contributed by atoms with van der Waals surface area (Å²) in [5.41, 5.74) is 5.34. The van der Waals surface area contributed by atoms with E-state index >= 15 is 0 Å². The summed E-state index contributed by atoms with van der Waals surface area (Å²) in [5, 5.41) is 8.64. The average molecular weight is 323 g/mol. The van der Waals surface area contributed by atoms with Gasteiger partial charge in [0.2, 0.25) is 5.91 Å². The van der Waals surface area contributed by atoms with Crippen molar-refractivity contribution in [2.24, 2.45) is 5.73 Å². The number of carboxylic acid groups (broad SMARTS) is 1. The Bertz CT molecular complexity index is 472. The van der Waals surface area contributed by atoms with E-state index in [4.69, 9.17) is 15.4 Å². The van der Waals surface area contributed by atoms with Gasteiger partial charge in [-0.05, 0) is 6.42 Å². The van der Waals surface area contributed by atoms with Crippen molar-refractivity contribution in [3.63, 3.8) is 0 Å². The van der Waals surface area contributed by atoms with Crippen LogP contribution in [-0.4, -0.2) is 84.3 Å². The number of piperazine rings is 1. The second-order valence-electron chi connectivity index (χ2n) is 4.99. The standard InChI is InChI=1S/C11H21N3O6S/c12-9(11(16)17)1-2-10(15)14-5-3-13(4-6-14)7-8-21(18,19)20/h9H,1-8,12H2,(H,16,17)(H,18,19,20)/t9-/m0/s1. The van der Waals surface area contributed by atoms with Crippen molar-refractivity contribution in [2.75, 3.05) is 38.5 Å². The third-order valence-electron chi connectivity index (χ3n) is 3.38. The number of hydrogen-bond acceptors (Lipinski definition) is 6. The van der Waals surface area contributed by atoms with Crippen molar-refractivity contribution in [1.82, 2.24) is 9.80 Å². The van der Waals surface area contributed by atoms with Crippen LogP contribution in [0.2, 0.25) is 0 Å². The van der Waals surface area contributed by atoms with Gasteiger partial charge in [-0.25, -0.2) is 0 Å². The maximum absolute atomic E-state index is 11.9. The van der Waals surface area contributed by atoms with Gasteiger partial charge in [-0.2, -0.15) is 8.42 Å². The van der Waals surface area contributed by atoms with Gasteiger partial charge in [0.1, 0.15) is 6.04 Å². The molecule has 1 rings (SSSR count). The number of carbonyl (C=O) groups excluding carboxylic acids is 1. The Balaban J connectivity index is 2.29. The molecular formula is C11H21N3O6S. The highest BCUT2D eigenvalue weighted by Crippen LogP contribution is 2.06. The van der Waals surface area contributed by atoms with Crippen molar-refractivity contribution in [3.8, 4) is 0 Å². The first kappa shape index (κ1) is 17.8. The van der Waals surface area contributed by atoms with Gasteiger partial charge in [0, 0.05) is 39.1 Å². The normalized spacial score (nSPS) is 18.5. The first-order valence-corrected chi connectivity index (χ1v) is 8.23. The third kappa shape index (κ3) is 6.85. The number of rotatable bonds is 7. The number of carboxylic acids is 1. The first-order chi connectivity index (χ1) is 9.69. The van der Waals surface area contributed by atoms with Gasteiger partial charge < -0.3 is 15.7 Å². The number of hydrogen-bond donors (Lipinski definition) is 3. The van der Waals surface area contributed by atoms with E-state index in [9.17, 15) is 18.0 Å². The summed E-state index contributed by atoms with van der Waals surface area (Å²) in [6, 6.07) is -1.04. The monoisotopic (exact) mass is 323 g/mol. The topological polar surface area (TPSA) is 141 Å². The summed E-state index contributed by atoms with van der Waals surface area (Å²) < 4.78 is 30.0. The molecule has 0 bridgehead atoms. The molecule has 1 amide bonds. The first-order valence-electron chi connectivity index (χ1n) is 6.62. The Labute approximate surface area is 123 Å². The van der Waals surface area contributed by atoms with Crippen molar-refractivity contribution in [1.29, 1.82) is 0 Å². The van der Waals surface area contributed by atoms with Gasteiger partial charge in [-0.1, -0.05) is 0 Å². The maximum atomic E-state index is 11.9. The number of amides is 1. The molecule has 1 fully saturated rings. The molecule has 4 N–H and O–H groups in total. The number of nitrogens with two attached hydrogens (primary N) is 1. The quantitative estimate of drug-likeness (QED) is 0.466. The largest absolute Gasteiger partial charge is 0.480 e. The Morgan fingerprint density at radius 1 is 1.19 bits per heavy atom. The second-order valence-corrected chi connectivity index (χ2v) is 6.56. The molecule has 1 saturated heterocycles. The molecule has 9 nitrogen and oxygen atoms in total.